The molecule has 1 amide bonds. The molecule has 0 atom stereocenters. The second-order valence-corrected chi connectivity index (χ2v) is 8.19. The van der Waals surface area contributed by atoms with Crippen molar-refractivity contribution in [1.82, 2.24) is 9.55 Å². The van der Waals surface area contributed by atoms with Gasteiger partial charge in [-0.15, -0.1) is 0 Å². The SMILES string of the molecule is CCn1c(SCC(=O)Nc2cccc(Cl)c2Cl)nc2ccc(Br)cc2c1=O. The van der Waals surface area contributed by atoms with Crippen LogP contribution in [0.2, 0.25) is 10.0 Å². The van der Waals surface area contributed by atoms with Crippen molar-refractivity contribution in [3.63, 3.8) is 0 Å². The van der Waals surface area contributed by atoms with Gasteiger partial charge < -0.3 is 5.32 Å². The van der Waals surface area contributed by atoms with Crippen LogP contribution in [0.3, 0.4) is 0 Å². The highest BCUT2D eigenvalue weighted by molar-refractivity contribution is 9.10. The van der Waals surface area contributed by atoms with E-state index in [-0.39, 0.29) is 22.2 Å². The summed E-state index contributed by atoms with van der Waals surface area (Å²) in [5.41, 5.74) is 0.900. The van der Waals surface area contributed by atoms with E-state index in [0.29, 0.717) is 33.3 Å². The molecule has 0 saturated heterocycles. The number of nitrogens with one attached hydrogen (secondary N) is 1. The Morgan fingerprint density at radius 3 is 2.81 bits per heavy atom. The van der Waals surface area contributed by atoms with Gasteiger partial charge in [0.15, 0.2) is 5.16 Å². The van der Waals surface area contributed by atoms with E-state index in [1.54, 1.807) is 34.9 Å². The molecule has 1 aromatic heterocycles. The summed E-state index contributed by atoms with van der Waals surface area (Å²) >= 11 is 16.6. The first-order valence-electron chi connectivity index (χ1n) is 7.97. The van der Waals surface area contributed by atoms with Crippen LogP contribution in [0.4, 0.5) is 5.69 Å². The number of halogens is 3. The van der Waals surface area contributed by atoms with Crippen molar-refractivity contribution in [2.24, 2.45) is 0 Å². The van der Waals surface area contributed by atoms with Crippen molar-refractivity contribution in [3.8, 4) is 0 Å². The van der Waals surface area contributed by atoms with Crippen LogP contribution >= 0.6 is 50.9 Å². The lowest BCUT2D eigenvalue weighted by molar-refractivity contribution is -0.113. The van der Waals surface area contributed by atoms with Crippen LogP contribution in [-0.4, -0.2) is 21.2 Å². The lowest BCUT2D eigenvalue weighted by atomic mass is 10.2. The highest BCUT2D eigenvalue weighted by Crippen LogP contribution is 2.29. The molecule has 0 aliphatic carbocycles. The number of aromatic nitrogens is 2. The molecule has 0 aliphatic heterocycles. The first-order chi connectivity index (χ1) is 12.9. The number of fused-ring (bicyclic) bond motifs is 1. The predicted octanol–water partition coefficient (Wildman–Crippen LogP) is 5.22. The van der Waals surface area contributed by atoms with E-state index in [0.717, 1.165) is 4.47 Å². The summed E-state index contributed by atoms with van der Waals surface area (Å²) in [6.45, 7) is 2.32. The summed E-state index contributed by atoms with van der Waals surface area (Å²) in [6.07, 6.45) is 0. The number of hydrogen-bond donors (Lipinski definition) is 1. The van der Waals surface area contributed by atoms with E-state index < -0.39 is 0 Å². The standard InChI is InChI=1S/C18H14BrCl2N3O2S/c1-2-24-17(26)11-8-10(19)6-7-13(11)23-18(24)27-9-15(25)22-14-5-3-4-12(20)16(14)21/h3-8H,2,9H2,1H3,(H,22,25). The lowest BCUT2D eigenvalue weighted by Crippen LogP contribution is -2.23. The zero-order chi connectivity index (χ0) is 19.6. The fraction of sp³-hybridized carbons (Fsp3) is 0.167. The Hall–Kier alpha value is -1.54. The number of nitrogens with zero attached hydrogens (tertiary/aromatic N) is 2. The molecule has 3 aromatic rings. The normalized spacial score (nSPS) is 11.0. The molecular weight excluding hydrogens is 473 g/mol. The number of hydrogen-bond acceptors (Lipinski definition) is 4. The van der Waals surface area contributed by atoms with Gasteiger partial charge in [-0.3, -0.25) is 14.2 Å². The third-order valence-corrected chi connectivity index (χ3v) is 6.04. The summed E-state index contributed by atoms with van der Waals surface area (Å²) in [5.74, 6) is -0.186. The van der Waals surface area contributed by atoms with Crippen molar-refractivity contribution in [2.75, 3.05) is 11.1 Å². The minimum atomic E-state index is -0.267. The minimum Gasteiger partial charge on any atom is -0.324 e. The van der Waals surface area contributed by atoms with Crippen molar-refractivity contribution in [3.05, 3.63) is 61.3 Å². The average molecular weight is 487 g/mol. The number of anilines is 1. The van der Waals surface area contributed by atoms with Crippen LogP contribution < -0.4 is 10.9 Å². The third kappa shape index (κ3) is 4.48. The zero-order valence-electron chi connectivity index (χ0n) is 14.1. The molecule has 0 aliphatic rings. The highest BCUT2D eigenvalue weighted by Gasteiger charge is 2.14. The second kappa shape index (κ2) is 8.65. The number of carbonyl (C=O) groups is 1. The van der Waals surface area contributed by atoms with Gasteiger partial charge in [0.05, 0.1) is 32.4 Å². The number of amides is 1. The molecular formula is C18H14BrCl2N3O2S. The molecule has 27 heavy (non-hydrogen) atoms. The zero-order valence-corrected chi connectivity index (χ0v) is 18.0. The van der Waals surface area contributed by atoms with Gasteiger partial charge >= 0.3 is 0 Å². The van der Waals surface area contributed by atoms with Crippen molar-refractivity contribution >= 4 is 73.4 Å². The molecule has 9 heteroatoms. The number of rotatable bonds is 5. The first kappa shape index (κ1) is 20.2. The van der Waals surface area contributed by atoms with Crippen LogP contribution in [0.1, 0.15) is 6.92 Å². The summed E-state index contributed by atoms with van der Waals surface area (Å²) in [4.78, 5) is 29.5. The monoisotopic (exact) mass is 485 g/mol. The molecule has 0 unspecified atom stereocenters. The molecule has 0 spiro atoms. The summed E-state index contributed by atoms with van der Waals surface area (Å²) < 4.78 is 2.37. The highest BCUT2D eigenvalue weighted by atomic mass is 79.9. The fourth-order valence-corrected chi connectivity index (χ4v) is 4.05. The molecule has 0 bridgehead atoms. The van der Waals surface area contributed by atoms with Crippen molar-refractivity contribution < 1.29 is 4.79 Å². The molecule has 0 saturated carbocycles. The van der Waals surface area contributed by atoms with E-state index in [9.17, 15) is 9.59 Å². The largest absolute Gasteiger partial charge is 0.324 e. The van der Waals surface area contributed by atoms with Crippen LogP contribution in [0.25, 0.3) is 10.9 Å². The smallest absolute Gasteiger partial charge is 0.262 e. The number of carbonyl (C=O) groups excluding carboxylic acids is 1. The maximum absolute atomic E-state index is 12.7. The van der Waals surface area contributed by atoms with E-state index >= 15 is 0 Å². The maximum atomic E-state index is 12.7. The van der Waals surface area contributed by atoms with E-state index in [2.05, 4.69) is 26.2 Å². The van der Waals surface area contributed by atoms with E-state index in [4.69, 9.17) is 23.2 Å². The van der Waals surface area contributed by atoms with Crippen LogP contribution in [0, 0.1) is 0 Å². The van der Waals surface area contributed by atoms with Crippen LogP contribution in [-0.2, 0) is 11.3 Å². The average Bonchev–Trinajstić information content (AvgIpc) is 2.64. The lowest BCUT2D eigenvalue weighted by Gasteiger charge is -2.12. The van der Waals surface area contributed by atoms with E-state index in [1.165, 1.54) is 11.8 Å². The summed E-state index contributed by atoms with van der Waals surface area (Å²) in [5, 5.41) is 4.40. The fourth-order valence-electron chi connectivity index (χ4n) is 2.48. The number of thioether (sulfide) groups is 1. The van der Waals surface area contributed by atoms with Gasteiger partial charge in [0.25, 0.3) is 5.56 Å². The van der Waals surface area contributed by atoms with Crippen molar-refractivity contribution in [2.45, 2.75) is 18.6 Å². The first-order valence-corrected chi connectivity index (χ1v) is 10.5. The molecule has 2 aromatic carbocycles. The van der Waals surface area contributed by atoms with Gasteiger partial charge in [0.1, 0.15) is 0 Å². The molecule has 3 rings (SSSR count). The van der Waals surface area contributed by atoms with Gasteiger partial charge in [-0.1, -0.05) is 57.0 Å². The Kier molecular flexibility index (Phi) is 6.47. The molecule has 1 heterocycles. The van der Waals surface area contributed by atoms with Crippen molar-refractivity contribution in [1.29, 1.82) is 0 Å². The topological polar surface area (TPSA) is 64.0 Å². The summed E-state index contributed by atoms with van der Waals surface area (Å²) in [6, 6.07) is 10.4. The minimum absolute atomic E-state index is 0.0807. The molecule has 5 nitrogen and oxygen atoms in total. The van der Waals surface area contributed by atoms with Gasteiger partial charge in [-0.2, -0.15) is 0 Å². The van der Waals surface area contributed by atoms with Gasteiger partial charge in [-0.25, -0.2) is 4.98 Å². The Labute approximate surface area is 178 Å². The maximum Gasteiger partial charge on any atom is 0.262 e. The number of benzene rings is 2. The second-order valence-electron chi connectivity index (χ2n) is 5.54. The molecule has 1 N–H and O–H groups in total. The quantitative estimate of drug-likeness (QED) is 0.396. The molecule has 0 fully saturated rings. The predicted molar refractivity (Wildman–Crippen MR) is 115 cm³/mol. The van der Waals surface area contributed by atoms with Crippen LogP contribution in [0.15, 0.2) is 50.8 Å². The Morgan fingerprint density at radius 2 is 2.07 bits per heavy atom. The van der Waals surface area contributed by atoms with Gasteiger partial charge in [-0.05, 0) is 37.3 Å². The van der Waals surface area contributed by atoms with Gasteiger partial charge in [0.2, 0.25) is 5.91 Å². The molecule has 0 radical (unpaired) electrons. The van der Waals surface area contributed by atoms with Gasteiger partial charge in [0, 0.05) is 11.0 Å². The summed E-state index contributed by atoms with van der Waals surface area (Å²) in [7, 11) is 0. The van der Waals surface area contributed by atoms with Crippen LogP contribution in [0.5, 0.6) is 0 Å². The Balaban J connectivity index is 1.82. The third-order valence-electron chi connectivity index (χ3n) is 3.76. The molecule has 140 valence electrons. The van der Waals surface area contributed by atoms with E-state index in [1.807, 2.05) is 13.0 Å². The Bertz CT molecular complexity index is 1090. The Morgan fingerprint density at radius 1 is 1.30 bits per heavy atom.